The maximum Gasteiger partial charge on any atom is 0.335 e. The number of carboxylic acids is 1. The molecule has 25 heavy (non-hydrogen) atoms. The van der Waals surface area contributed by atoms with Gasteiger partial charge in [0.15, 0.2) is 0 Å². The number of sulfonamides is 1. The van der Waals surface area contributed by atoms with E-state index in [2.05, 4.69) is 10.0 Å². The molecule has 0 fully saturated rings. The minimum atomic E-state index is -3.84. The van der Waals surface area contributed by atoms with Crippen LogP contribution in [0.4, 0.5) is 5.69 Å². The number of carbonyl (C=O) groups is 1. The van der Waals surface area contributed by atoms with Crippen LogP contribution in [0.1, 0.15) is 36.2 Å². The Labute approximate surface area is 147 Å². The molecular weight excluding hydrogens is 340 g/mol. The van der Waals surface area contributed by atoms with Gasteiger partial charge in [0.2, 0.25) is 10.0 Å². The zero-order valence-electron chi connectivity index (χ0n) is 14.2. The molecule has 134 valence electrons. The van der Waals surface area contributed by atoms with Crippen molar-refractivity contribution in [2.45, 2.75) is 37.8 Å². The van der Waals surface area contributed by atoms with Crippen molar-refractivity contribution in [2.24, 2.45) is 0 Å². The lowest BCUT2D eigenvalue weighted by Crippen LogP contribution is -2.32. The summed E-state index contributed by atoms with van der Waals surface area (Å²) in [5.41, 5.74) is 1.28. The van der Waals surface area contributed by atoms with E-state index in [4.69, 9.17) is 5.11 Å². The number of carboxylic acid groups (broad SMARTS) is 1. The van der Waals surface area contributed by atoms with Crippen molar-refractivity contribution in [3.05, 3.63) is 59.7 Å². The SMILES string of the molecule is CC[C@H](C)NS(=O)(=O)c1cc(C(=O)O)ccc1NCc1ccccc1. The van der Waals surface area contributed by atoms with Crippen molar-refractivity contribution >= 4 is 21.7 Å². The van der Waals surface area contributed by atoms with Crippen molar-refractivity contribution in [1.29, 1.82) is 0 Å². The lowest BCUT2D eigenvalue weighted by Gasteiger charge is -2.17. The van der Waals surface area contributed by atoms with Crippen LogP contribution in [0.3, 0.4) is 0 Å². The topological polar surface area (TPSA) is 95.5 Å². The molecule has 0 aliphatic rings. The molecule has 0 amide bonds. The summed E-state index contributed by atoms with van der Waals surface area (Å²) in [5, 5.41) is 12.2. The largest absolute Gasteiger partial charge is 0.478 e. The normalized spacial score (nSPS) is 12.6. The van der Waals surface area contributed by atoms with Crippen molar-refractivity contribution < 1.29 is 18.3 Å². The van der Waals surface area contributed by atoms with Crippen LogP contribution in [0.2, 0.25) is 0 Å². The maximum absolute atomic E-state index is 12.7. The van der Waals surface area contributed by atoms with Gasteiger partial charge in [0.25, 0.3) is 0 Å². The highest BCUT2D eigenvalue weighted by Crippen LogP contribution is 2.24. The zero-order valence-corrected chi connectivity index (χ0v) is 15.0. The summed E-state index contributed by atoms with van der Waals surface area (Å²) >= 11 is 0. The highest BCUT2D eigenvalue weighted by molar-refractivity contribution is 7.89. The van der Waals surface area contributed by atoms with Crippen LogP contribution < -0.4 is 10.0 Å². The average molecular weight is 362 g/mol. The third kappa shape index (κ3) is 5.04. The second-order valence-corrected chi connectivity index (χ2v) is 7.47. The number of nitrogens with one attached hydrogen (secondary N) is 2. The quantitative estimate of drug-likeness (QED) is 0.671. The summed E-state index contributed by atoms with van der Waals surface area (Å²) in [6, 6.07) is 13.3. The summed E-state index contributed by atoms with van der Waals surface area (Å²) < 4.78 is 27.9. The van der Waals surface area contributed by atoms with Gasteiger partial charge in [0.1, 0.15) is 4.90 Å². The van der Waals surface area contributed by atoms with Crippen molar-refractivity contribution in [3.63, 3.8) is 0 Å². The van der Waals surface area contributed by atoms with Crippen molar-refractivity contribution in [3.8, 4) is 0 Å². The predicted octanol–water partition coefficient (Wildman–Crippen LogP) is 3.07. The van der Waals surface area contributed by atoms with Crippen LogP contribution in [0.15, 0.2) is 53.4 Å². The van der Waals surface area contributed by atoms with Gasteiger partial charge in [-0.15, -0.1) is 0 Å². The Balaban J connectivity index is 2.36. The zero-order chi connectivity index (χ0) is 18.4. The van der Waals surface area contributed by atoms with Crippen LogP contribution in [0.25, 0.3) is 0 Å². The number of hydrogen-bond donors (Lipinski definition) is 3. The van der Waals surface area contributed by atoms with Crippen molar-refractivity contribution in [1.82, 2.24) is 4.72 Å². The maximum atomic E-state index is 12.7. The minimum Gasteiger partial charge on any atom is -0.478 e. The van der Waals surface area contributed by atoms with Gasteiger partial charge in [-0.1, -0.05) is 37.3 Å². The lowest BCUT2D eigenvalue weighted by atomic mass is 10.2. The Bertz CT molecular complexity index is 835. The molecule has 0 spiro atoms. The summed E-state index contributed by atoms with van der Waals surface area (Å²) in [6.07, 6.45) is 0.630. The number of rotatable bonds is 8. The molecule has 2 rings (SSSR count). The van der Waals surface area contributed by atoms with Gasteiger partial charge < -0.3 is 10.4 Å². The average Bonchev–Trinajstić information content (AvgIpc) is 2.60. The molecule has 3 N–H and O–H groups in total. The first-order valence-corrected chi connectivity index (χ1v) is 9.49. The Morgan fingerprint density at radius 3 is 2.44 bits per heavy atom. The molecule has 2 aromatic carbocycles. The van der Waals surface area contributed by atoms with E-state index in [1.54, 1.807) is 6.92 Å². The highest BCUT2D eigenvalue weighted by atomic mass is 32.2. The molecule has 0 unspecified atom stereocenters. The lowest BCUT2D eigenvalue weighted by molar-refractivity contribution is 0.0696. The van der Waals surface area contributed by atoms with Gasteiger partial charge in [-0.25, -0.2) is 17.9 Å². The Morgan fingerprint density at radius 2 is 1.84 bits per heavy atom. The molecule has 0 aliphatic carbocycles. The fourth-order valence-electron chi connectivity index (χ4n) is 2.23. The molecule has 0 heterocycles. The van der Waals surface area contributed by atoms with Gasteiger partial charge in [0, 0.05) is 12.6 Å². The first-order valence-electron chi connectivity index (χ1n) is 8.01. The van der Waals surface area contributed by atoms with E-state index in [1.807, 2.05) is 37.3 Å². The van der Waals surface area contributed by atoms with Crippen molar-refractivity contribution in [2.75, 3.05) is 5.32 Å². The van der Waals surface area contributed by atoms with Gasteiger partial charge in [0.05, 0.1) is 11.3 Å². The van der Waals surface area contributed by atoms with E-state index in [9.17, 15) is 13.2 Å². The van der Waals surface area contributed by atoms with Crippen LogP contribution in [0, 0.1) is 0 Å². The smallest absolute Gasteiger partial charge is 0.335 e. The van der Waals surface area contributed by atoms with Gasteiger partial charge in [-0.2, -0.15) is 0 Å². The summed E-state index contributed by atoms with van der Waals surface area (Å²) in [7, 11) is -3.84. The summed E-state index contributed by atoms with van der Waals surface area (Å²) in [4.78, 5) is 11.1. The highest BCUT2D eigenvalue weighted by Gasteiger charge is 2.22. The van der Waals surface area contributed by atoms with Gasteiger partial charge in [-0.05, 0) is 37.1 Å². The van der Waals surface area contributed by atoms with E-state index in [0.29, 0.717) is 18.7 Å². The second kappa shape index (κ2) is 8.13. The number of benzene rings is 2. The number of aromatic carboxylic acids is 1. The van der Waals surface area contributed by atoms with Crippen LogP contribution in [-0.2, 0) is 16.6 Å². The van der Waals surface area contributed by atoms with E-state index >= 15 is 0 Å². The molecule has 0 saturated carbocycles. The van der Waals surface area contributed by atoms with Crippen LogP contribution in [-0.4, -0.2) is 25.5 Å². The molecule has 0 bridgehead atoms. The van der Waals surface area contributed by atoms with Crippen LogP contribution >= 0.6 is 0 Å². The minimum absolute atomic E-state index is 0.0661. The fraction of sp³-hybridized carbons (Fsp3) is 0.278. The first kappa shape index (κ1) is 19.0. The van der Waals surface area contributed by atoms with Crippen LogP contribution in [0.5, 0.6) is 0 Å². The molecule has 1 atom stereocenters. The standard InChI is InChI=1S/C18H22N2O4S/c1-3-13(2)20-25(23,24)17-11-15(18(21)22)9-10-16(17)19-12-14-7-5-4-6-8-14/h4-11,13,19-20H,3,12H2,1-2H3,(H,21,22)/t13-/m0/s1. The van der Waals surface area contributed by atoms with Gasteiger partial charge in [-0.3, -0.25) is 0 Å². The van der Waals surface area contributed by atoms with E-state index in [1.165, 1.54) is 18.2 Å². The third-order valence-corrected chi connectivity index (χ3v) is 5.44. The molecule has 0 aliphatic heterocycles. The monoisotopic (exact) mass is 362 g/mol. The molecule has 7 heteroatoms. The molecule has 0 radical (unpaired) electrons. The first-order chi connectivity index (χ1) is 11.8. The molecule has 2 aromatic rings. The molecular formula is C18H22N2O4S. The van der Waals surface area contributed by atoms with E-state index < -0.39 is 16.0 Å². The second-order valence-electron chi connectivity index (χ2n) is 5.79. The Morgan fingerprint density at radius 1 is 1.16 bits per heavy atom. The summed E-state index contributed by atoms with van der Waals surface area (Å²) in [6.45, 7) is 4.06. The molecule has 0 aromatic heterocycles. The number of anilines is 1. The van der Waals surface area contributed by atoms with E-state index in [0.717, 1.165) is 5.56 Å². The third-order valence-electron chi connectivity index (χ3n) is 3.81. The Hall–Kier alpha value is -2.38. The fourth-order valence-corrected chi connectivity index (χ4v) is 3.76. The summed E-state index contributed by atoms with van der Waals surface area (Å²) in [5.74, 6) is -1.17. The number of hydrogen-bond acceptors (Lipinski definition) is 4. The Kier molecular flexibility index (Phi) is 6.17. The van der Waals surface area contributed by atoms with Gasteiger partial charge >= 0.3 is 5.97 Å². The van der Waals surface area contributed by atoms with E-state index in [-0.39, 0.29) is 16.5 Å². The predicted molar refractivity (Wildman–Crippen MR) is 97.2 cm³/mol. The molecule has 0 saturated heterocycles. The molecule has 6 nitrogen and oxygen atoms in total.